The lowest BCUT2D eigenvalue weighted by Gasteiger charge is -2.32. The first-order chi connectivity index (χ1) is 14.0. The molecule has 1 saturated heterocycles. The van der Waals surface area contributed by atoms with Crippen molar-refractivity contribution in [2.75, 3.05) is 26.2 Å². The molecule has 168 valence electrons. The van der Waals surface area contributed by atoms with E-state index in [1.54, 1.807) is 4.90 Å². The molecule has 5 nitrogen and oxygen atoms in total. The van der Waals surface area contributed by atoms with Gasteiger partial charge in [0, 0.05) is 26.1 Å². The second-order valence-corrected chi connectivity index (χ2v) is 8.76. The highest BCUT2D eigenvalue weighted by Gasteiger charge is 2.38. The van der Waals surface area contributed by atoms with Crippen molar-refractivity contribution in [3.63, 3.8) is 0 Å². The molecule has 1 aromatic rings. The molecule has 0 aliphatic carbocycles. The highest BCUT2D eigenvalue weighted by molar-refractivity contribution is 5.81. The fourth-order valence-electron chi connectivity index (χ4n) is 3.35. The monoisotopic (exact) mass is 428 g/mol. The average molecular weight is 428 g/mol. The SMILES string of the molecule is CC(C)(C)c1ccc(OCCCC(=O)N2CCC(CNC(=O)C(F)(F)F)CC2)cc1. The molecule has 1 aromatic carbocycles. The Morgan fingerprint density at radius 1 is 1.10 bits per heavy atom. The zero-order valence-corrected chi connectivity index (χ0v) is 17.8. The Kier molecular flexibility index (Phi) is 8.15. The van der Waals surface area contributed by atoms with E-state index in [4.69, 9.17) is 4.74 Å². The van der Waals surface area contributed by atoms with Gasteiger partial charge >= 0.3 is 12.1 Å². The lowest BCUT2D eigenvalue weighted by atomic mass is 9.87. The second-order valence-electron chi connectivity index (χ2n) is 8.76. The minimum Gasteiger partial charge on any atom is -0.494 e. The van der Waals surface area contributed by atoms with E-state index < -0.39 is 12.1 Å². The van der Waals surface area contributed by atoms with Crippen molar-refractivity contribution in [2.24, 2.45) is 5.92 Å². The van der Waals surface area contributed by atoms with Crippen LogP contribution in [0.2, 0.25) is 0 Å². The van der Waals surface area contributed by atoms with Crippen molar-refractivity contribution in [3.8, 4) is 5.75 Å². The van der Waals surface area contributed by atoms with Gasteiger partial charge in [0.25, 0.3) is 0 Å². The zero-order valence-electron chi connectivity index (χ0n) is 17.8. The summed E-state index contributed by atoms with van der Waals surface area (Å²) in [6.45, 7) is 7.88. The third-order valence-corrected chi connectivity index (χ3v) is 5.30. The summed E-state index contributed by atoms with van der Waals surface area (Å²) < 4.78 is 42.4. The molecule has 2 amide bonds. The Bertz CT molecular complexity index is 704. The molecule has 0 radical (unpaired) electrons. The Balaban J connectivity index is 1.63. The predicted molar refractivity (Wildman–Crippen MR) is 108 cm³/mol. The summed E-state index contributed by atoms with van der Waals surface area (Å²) in [5.74, 6) is -1.15. The fraction of sp³-hybridized carbons (Fsp3) is 0.636. The van der Waals surface area contributed by atoms with Crippen LogP contribution in [0.4, 0.5) is 13.2 Å². The zero-order chi connectivity index (χ0) is 22.4. The van der Waals surface area contributed by atoms with Crippen LogP contribution >= 0.6 is 0 Å². The van der Waals surface area contributed by atoms with Gasteiger partial charge in [-0.05, 0) is 48.3 Å². The second kappa shape index (κ2) is 10.2. The van der Waals surface area contributed by atoms with Crippen molar-refractivity contribution in [2.45, 2.75) is 58.0 Å². The minimum atomic E-state index is -4.85. The number of alkyl halides is 3. The van der Waals surface area contributed by atoms with E-state index in [0.717, 1.165) is 5.75 Å². The molecular weight excluding hydrogens is 397 g/mol. The van der Waals surface area contributed by atoms with Gasteiger partial charge in [-0.25, -0.2) is 0 Å². The van der Waals surface area contributed by atoms with Gasteiger partial charge in [-0.1, -0.05) is 32.9 Å². The number of likely N-dealkylation sites (tertiary alicyclic amines) is 1. The molecule has 8 heteroatoms. The maximum absolute atomic E-state index is 12.3. The van der Waals surface area contributed by atoms with E-state index in [1.807, 2.05) is 29.6 Å². The highest BCUT2D eigenvalue weighted by atomic mass is 19.4. The van der Waals surface area contributed by atoms with E-state index >= 15 is 0 Å². The number of nitrogens with one attached hydrogen (secondary N) is 1. The molecule has 1 aliphatic heterocycles. The lowest BCUT2D eigenvalue weighted by molar-refractivity contribution is -0.173. The number of benzene rings is 1. The minimum absolute atomic E-state index is 0.0117. The van der Waals surface area contributed by atoms with E-state index in [-0.39, 0.29) is 23.8 Å². The Morgan fingerprint density at radius 3 is 2.23 bits per heavy atom. The van der Waals surface area contributed by atoms with Gasteiger partial charge in [0.15, 0.2) is 0 Å². The van der Waals surface area contributed by atoms with E-state index in [2.05, 4.69) is 20.8 Å². The fourth-order valence-corrected chi connectivity index (χ4v) is 3.35. The van der Waals surface area contributed by atoms with Crippen LogP contribution in [0.1, 0.15) is 52.0 Å². The molecule has 0 aromatic heterocycles. The number of amides is 2. The van der Waals surface area contributed by atoms with Gasteiger partial charge < -0.3 is 15.0 Å². The summed E-state index contributed by atoms with van der Waals surface area (Å²) in [6, 6.07) is 7.96. The molecule has 0 unspecified atom stereocenters. The topological polar surface area (TPSA) is 58.6 Å². The largest absolute Gasteiger partial charge is 0.494 e. The first-order valence-corrected chi connectivity index (χ1v) is 10.3. The van der Waals surface area contributed by atoms with Crippen molar-refractivity contribution in [1.82, 2.24) is 10.2 Å². The molecule has 0 spiro atoms. The van der Waals surface area contributed by atoms with Crippen LogP contribution in [0.15, 0.2) is 24.3 Å². The van der Waals surface area contributed by atoms with Crippen LogP contribution < -0.4 is 10.1 Å². The number of piperidine rings is 1. The standard InChI is InChI=1S/C22H31F3N2O3/c1-21(2,3)17-6-8-18(9-7-17)30-14-4-5-19(28)27-12-10-16(11-13-27)15-26-20(29)22(23,24)25/h6-9,16H,4-5,10-15H2,1-3H3,(H,26,29). The van der Waals surface area contributed by atoms with Crippen LogP contribution in [0.25, 0.3) is 0 Å². The van der Waals surface area contributed by atoms with Crippen molar-refractivity contribution >= 4 is 11.8 Å². The first kappa shape index (κ1) is 24.0. The predicted octanol–water partition coefficient (Wildman–Crippen LogP) is 4.06. The number of carbonyl (C=O) groups excluding carboxylic acids is 2. The van der Waals surface area contributed by atoms with Crippen LogP contribution in [-0.2, 0) is 15.0 Å². The van der Waals surface area contributed by atoms with Gasteiger partial charge in [0.1, 0.15) is 5.75 Å². The van der Waals surface area contributed by atoms with Crippen LogP contribution in [0.5, 0.6) is 5.75 Å². The summed E-state index contributed by atoms with van der Waals surface area (Å²) in [4.78, 5) is 24.9. The summed E-state index contributed by atoms with van der Waals surface area (Å²) >= 11 is 0. The Morgan fingerprint density at radius 2 is 1.70 bits per heavy atom. The Hall–Kier alpha value is -2.25. The molecule has 1 N–H and O–H groups in total. The van der Waals surface area contributed by atoms with Gasteiger partial charge in [-0.3, -0.25) is 9.59 Å². The normalized spacial score (nSPS) is 15.7. The van der Waals surface area contributed by atoms with E-state index in [9.17, 15) is 22.8 Å². The Labute approximate surface area is 176 Å². The van der Waals surface area contributed by atoms with Gasteiger partial charge in [0.2, 0.25) is 5.91 Å². The molecule has 2 rings (SSSR count). The maximum atomic E-state index is 12.3. The third kappa shape index (κ3) is 7.54. The summed E-state index contributed by atoms with van der Waals surface area (Å²) in [5.41, 5.74) is 1.31. The molecule has 30 heavy (non-hydrogen) atoms. The quantitative estimate of drug-likeness (QED) is 0.667. The van der Waals surface area contributed by atoms with Gasteiger partial charge in [0.05, 0.1) is 6.61 Å². The van der Waals surface area contributed by atoms with Crippen LogP contribution in [0, 0.1) is 5.92 Å². The van der Waals surface area contributed by atoms with Gasteiger partial charge in [-0.2, -0.15) is 13.2 Å². The third-order valence-electron chi connectivity index (χ3n) is 5.30. The number of carbonyl (C=O) groups is 2. The van der Waals surface area contributed by atoms with E-state index in [1.165, 1.54) is 5.56 Å². The van der Waals surface area contributed by atoms with Crippen LogP contribution in [-0.4, -0.2) is 49.1 Å². The summed E-state index contributed by atoms with van der Waals surface area (Å²) in [6.07, 6.45) is -2.72. The molecule has 0 saturated carbocycles. The highest BCUT2D eigenvalue weighted by Crippen LogP contribution is 2.24. The van der Waals surface area contributed by atoms with Crippen LogP contribution in [0.3, 0.4) is 0 Å². The van der Waals surface area contributed by atoms with Crippen molar-refractivity contribution < 1.29 is 27.5 Å². The summed E-state index contributed by atoms with van der Waals surface area (Å²) in [5, 5.41) is 1.92. The number of hydrogen-bond donors (Lipinski definition) is 1. The average Bonchev–Trinajstić information content (AvgIpc) is 2.68. The van der Waals surface area contributed by atoms with Crippen molar-refractivity contribution in [3.05, 3.63) is 29.8 Å². The van der Waals surface area contributed by atoms with E-state index in [0.29, 0.717) is 45.4 Å². The number of ether oxygens (including phenoxy) is 1. The van der Waals surface area contributed by atoms with Gasteiger partial charge in [-0.15, -0.1) is 0 Å². The number of halogens is 3. The molecule has 1 fully saturated rings. The number of nitrogens with zero attached hydrogens (tertiary/aromatic N) is 1. The number of rotatable bonds is 7. The lowest BCUT2D eigenvalue weighted by Crippen LogP contribution is -2.44. The molecule has 1 aliphatic rings. The summed E-state index contributed by atoms with van der Waals surface area (Å²) in [7, 11) is 0. The molecule has 1 heterocycles. The first-order valence-electron chi connectivity index (χ1n) is 10.3. The smallest absolute Gasteiger partial charge is 0.471 e. The van der Waals surface area contributed by atoms with Crippen molar-refractivity contribution in [1.29, 1.82) is 0 Å². The maximum Gasteiger partial charge on any atom is 0.471 e. The molecule has 0 atom stereocenters. The molecular formula is C22H31F3N2O3. The molecule has 0 bridgehead atoms. The number of hydrogen-bond acceptors (Lipinski definition) is 3.